The van der Waals surface area contributed by atoms with Crippen LogP contribution in [0.15, 0.2) is 33.6 Å². The van der Waals surface area contributed by atoms with Crippen LogP contribution in [-0.2, 0) is 15.3 Å². The van der Waals surface area contributed by atoms with Crippen LogP contribution in [0.1, 0.15) is 32.8 Å². The lowest BCUT2D eigenvalue weighted by atomic mass is 9.89. The summed E-state index contributed by atoms with van der Waals surface area (Å²) in [6.45, 7) is 5.40. The molecule has 1 heterocycles. The van der Waals surface area contributed by atoms with Gasteiger partial charge in [-0.05, 0) is 33.3 Å². The number of hydrogen-bond acceptors (Lipinski definition) is 4. The summed E-state index contributed by atoms with van der Waals surface area (Å²) in [6, 6.07) is 6.52. The van der Waals surface area contributed by atoms with Gasteiger partial charge < -0.3 is 5.73 Å². The third-order valence-electron chi connectivity index (χ3n) is 4.40. The molecule has 1 aromatic rings. The predicted molar refractivity (Wildman–Crippen MR) is 85.4 cm³/mol. The fourth-order valence-electron chi connectivity index (χ4n) is 2.62. The average Bonchev–Trinajstić information content (AvgIpc) is 2.50. The highest BCUT2D eigenvalue weighted by Gasteiger charge is 2.43. The lowest BCUT2D eigenvalue weighted by Gasteiger charge is -2.26. The Morgan fingerprint density at radius 3 is 2.52 bits per heavy atom. The van der Waals surface area contributed by atoms with Crippen molar-refractivity contribution in [2.75, 3.05) is 12.8 Å². The fourth-order valence-corrected chi connectivity index (χ4v) is 4.82. The molecular weight excluding hydrogens is 289 g/mol. The van der Waals surface area contributed by atoms with Gasteiger partial charge in [0.1, 0.15) is 16.4 Å². The van der Waals surface area contributed by atoms with Crippen LogP contribution in [0, 0.1) is 5.82 Å². The average molecular weight is 311 g/mol. The number of aliphatic imine (C=N–C) groups is 1. The molecule has 21 heavy (non-hydrogen) atoms. The maximum Gasteiger partial charge on any atom is 0.128 e. The van der Waals surface area contributed by atoms with Crippen molar-refractivity contribution in [2.45, 2.75) is 37.5 Å². The van der Waals surface area contributed by atoms with Crippen LogP contribution in [0.5, 0.6) is 0 Å². The molecule has 0 saturated carbocycles. The number of benzene rings is 1. The van der Waals surface area contributed by atoms with Gasteiger partial charge in [-0.1, -0.05) is 18.2 Å². The monoisotopic (exact) mass is 311 g/mol. The van der Waals surface area contributed by atoms with Crippen LogP contribution in [0.3, 0.4) is 0 Å². The minimum Gasteiger partial charge on any atom is -0.386 e. The first kappa shape index (κ1) is 15.9. The summed E-state index contributed by atoms with van der Waals surface area (Å²) < 4.78 is 30.5. The van der Waals surface area contributed by atoms with E-state index in [9.17, 15) is 8.60 Å². The summed E-state index contributed by atoms with van der Waals surface area (Å²) in [5, 5.41) is 0. The minimum absolute atomic E-state index is 0.265. The molecule has 1 aromatic carbocycles. The van der Waals surface area contributed by atoms with Crippen LogP contribution < -0.4 is 5.73 Å². The highest BCUT2D eigenvalue weighted by atomic mass is 32.2. The molecule has 2 atom stereocenters. The molecular formula is C15H22FN3OS. The Labute approximate surface area is 125 Å². The van der Waals surface area contributed by atoms with Crippen molar-refractivity contribution in [3.63, 3.8) is 0 Å². The molecule has 0 aromatic heterocycles. The Hall–Kier alpha value is -1.43. The van der Waals surface area contributed by atoms with E-state index in [1.54, 1.807) is 39.1 Å². The third kappa shape index (κ3) is 2.46. The first-order valence-corrected chi connectivity index (χ1v) is 8.58. The Kier molecular flexibility index (Phi) is 3.86. The molecule has 0 fully saturated rings. The van der Waals surface area contributed by atoms with Crippen molar-refractivity contribution < 1.29 is 8.60 Å². The van der Waals surface area contributed by atoms with Crippen molar-refractivity contribution in [3.8, 4) is 0 Å². The zero-order valence-electron chi connectivity index (χ0n) is 12.9. The van der Waals surface area contributed by atoms with Gasteiger partial charge in [-0.3, -0.25) is 4.99 Å². The number of hydrogen-bond donors (Lipinski definition) is 1. The molecule has 1 aliphatic heterocycles. The molecule has 1 aliphatic rings. The Morgan fingerprint density at radius 2 is 1.95 bits per heavy atom. The Bertz CT molecular complexity index is 705. The second-order valence-corrected chi connectivity index (χ2v) is 9.11. The van der Waals surface area contributed by atoms with Gasteiger partial charge in [-0.25, -0.2) is 13.0 Å². The lowest BCUT2D eigenvalue weighted by Crippen LogP contribution is -2.45. The molecule has 0 bridgehead atoms. The summed E-state index contributed by atoms with van der Waals surface area (Å²) in [4.78, 5) is 4.55. The minimum atomic E-state index is -2.54. The van der Waals surface area contributed by atoms with Gasteiger partial charge in [0.2, 0.25) is 0 Å². The van der Waals surface area contributed by atoms with E-state index in [-0.39, 0.29) is 11.7 Å². The topological polar surface area (TPSA) is 67.8 Å². The van der Waals surface area contributed by atoms with Gasteiger partial charge >= 0.3 is 0 Å². The highest BCUT2D eigenvalue weighted by molar-refractivity contribution is 7.95. The van der Waals surface area contributed by atoms with E-state index in [0.717, 1.165) is 0 Å². The number of halogens is 1. The molecule has 2 rings (SSSR count). The van der Waals surface area contributed by atoms with Gasteiger partial charge in [0, 0.05) is 18.4 Å². The van der Waals surface area contributed by atoms with Crippen LogP contribution in [0.25, 0.3) is 0 Å². The van der Waals surface area contributed by atoms with Gasteiger partial charge in [0.25, 0.3) is 0 Å². The van der Waals surface area contributed by atoms with Gasteiger partial charge in [0.15, 0.2) is 0 Å². The van der Waals surface area contributed by atoms with E-state index in [0.29, 0.717) is 17.7 Å². The number of nitrogens with two attached hydrogens (primary N) is 1. The Balaban J connectivity index is 2.64. The van der Waals surface area contributed by atoms with E-state index < -0.39 is 20.0 Å². The normalized spacial score (nSPS) is 32.1. The summed E-state index contributed by atoms with van der Waals surface area (Å²) >= 11 is 0. The summed E-state index contributed by atoms with van der Waals surface area (Å²) in [5.41, 5.74) is 5.77. The number of nitrogens with zero attached hydrogens (tertiary/aromatic N) is 2. The molecule has 4 nitrogen and oxygen atoms in total. The first-order chi connectivity index (χ1) is 9.66. The van der Waals surface area contributed by atoms with Crippen molar-refractivity contribution in [3.05, 3.63) is 35.6 Å². The zero-order valence-corrected chi connectivity index (χ0v) is 13.7. The van der Waals surface area contributed by atoms with Crippen molar-refractivity contribution in [2.24, 2.45) is 15.1 Å². The maximum atomic E-state index is 14.1. The van der Waals surface area contributed by atoms with E-state index in [4.69, 9.17) is 5.73 Å². The Morgan fingerprint density at radius 1 is 1.33 bits per heavy atom. The fraction of sp³-hybridized carbons (Fsp3) is 0.533. The summed E-state index contributed by atoms with van der Waals surface area (Å²) in [6.07, 6.45) is 0.439. The molecule has 0 unspecified atom stereocenters. The maximum absolute atomic E-state index is 14.1. The van der Waals surface area contributed by atoms with Gasteiger partial charge in [-0.2, -0.15) is 0 Å². The standard InChI is InChI=1S/C15H22FN3OS/c1-14(2)13(17)19-15(3,9-10-21(14,20)18-4)11-7-5-6-8-12(11)16/h5-8H,9-10H2,1-4H3,(H2,17,19)/t15-,21-/m0/s1. The SMILES string of the molecule is CN=[S@]1(=O)CC[C@@](C)(c2ccccc2F)N=C(N)C1(C)C. The molecule has 0 spiro atoms. The third-order valence-corrected chi connectivity index (χ3v) is 7.55. The van der Waals surface area contributed by atoms with Crippen LogP contribution in [-0.4, -0.2) is 27.6 Å². The van der Waals surface area contributed by atoms with Gasteiger partial charge in [-0.15, -0.1) is 0 Å². The number of amidine groups is 1. The molecule has 0 radical (unpaired) electrons. The van der Waals surface area contributed by atoms with E-state index in [2.05, 4.69) is 9.36 Å². The van der Waals surface area contributed by atoms with Crippen LogP contribution in [0.4, 0.5) is 4.39 Å². The van der Waals surface area contributed by atoms with Crippen molar-refractivity contribution in [1.29, 1.82) is 0 Å². The summed E-state index contributed by atoms with van der Waals surface area (Å²) in [7, 11) is -0.992. The molecule has 0 aliphatic carbocycles. The highest BCUT2D eigenvalue weighted by Crippen LogP contribution is 2.37. The first-order valence-electron chi connectivity index (χ1n) is 6.90. The van der Waals surface area contributed by atoms with E-state index >= 15 is 0 Å². The largest absolute Gasteiger partial charge is 0.386 e. The lowest BCUT2D eigenvalue weighted by molar-refractivity contribution is 0.451. The molecule has 116 valence electrons. The quantitative estimate of drug-likeness (QED) is 0.866. The molecule has 0 saturated heterocycles. The summed E-state index contributed by atoms with van der Waals surface area (Å²) in [5.74, 6) is 0.281. The van der Waals surface area contributed by atoms with Crippen molar-refractivity contribution >= 4 is 15.6 Å². The van der Waals surface area contributed by atoms with Crippen molar-refractivity contribution in [1.82, 2.24) is 0 Å². The van der Waals surface area contributed by atoms with Gasteiger partial charge in [0.05, 0.1) is 15.3 Å². The molecule has 0 amide bonds. The second kappa shape index (κ2) is 5.09. The van der Waals surface area contributed by atoms with Crippen LogP contribution >= 0.6 is 0 Å². The predicted octanol–water partition coefficient (Wildman–Crippen LogP) is 2.68. The zero-order chi connectivity index (χ0) is 15.9. The molecule has 2 N–H and O–H groups in total. The smallest absolute Gasteiger partial charge is 0.128 e. The second-order valence-electron chi connectivity index (χ2n) is 6.04. The van der Waals surface area contributed by atoms with E-state index in [1.807, 2.05) is 6.92 Å². The molecule has 6 heteroatoms. The van der Waals surface area contributed by atoms with Crippen LogP contribution in [0.2, 0.25) is 0 Å². The number of rotatable bonds is 1. The van der Waals surface area contributed by atoms with E-state index in [1.165, 1.54) is 6.07 Å².